The van der Waals surface area contributed by atoms with E-state index in [9.17, 15) is 13.2 Å². The summed E-state index contributed by atoms with van der Waals surface area (Å²) in [5.74, 6) is 2.42. The van der Waals surface area contributed by atoms with E-state index in [0.717, 1.165) is 23.6 Å². The van der Waals surface area contributed by atoms with Gasteiger partial charge in [0.2, 0.25) is 15.9 Å². The van der Waals surface area contributed by atoms with Crippen LogP contribution in [-0.2, 0) is 14.8 Å². The van der Waals surface area contributed by atoms with Gasteiger partial charge in [-0.25, -0.2) is 12.7 Å². The molecule has 4 fully saturated rings. The van der Waals surface area contributed by atoms with Crippen molar-refractivity contribution < 1.29 is 17.9 Å². The number of benzene rings is 1. The van der Waals surface area contributed by atoms with E-state index < -0.39 is 10.0 Å². The molecule has 0 unspecified atom stereocenters. The summed E-state index contributed by atoms with van der Waals surface area (Å²) >= 11 is 0. The molecular weight excluding hydrogens is 376 g/mol. The fourth-order valence-electron chi connectivity index (χ4n) is 5.91. The van der Waals surface area contributed by atoms with Crippen molar-refractivity contribution in [3.8, 4) is 5.75 Å². The Morgan fingerprint density at radius 2 is 1.71 bits per heavy atom. The smallest absolute Gasteiger partial charge is 0.246 e. The minimum Gasteiger partial charge on any atom is -0.492 e. The van der Waals surface area contributed by atoms with Gasteiger partial charge in [-0.05, 0) is 81.4 Å². The van der Waals surface area contributed by atoms with Crippen molar-refractivity contribution in [2.45, 2.75) is 50.3 Å². The van der Waals surface area contributed by atoms with E-state index in [0.29, 0.717) is 35.8 Å². The van der Waals surface area contributed by atoms with Gasteiger partial charge in [0.25, 0.3) is 0 Å². The number of nitrogens with one attached hydrogen (secondary N) is 1. The van der Waals surface area contributed by atoms with E-state index in [1.165, 1.54) is 39.4 Å². The third-order valence-electron chi connectivity index (χ3n) is 6.78. The molecule has 5 rings (SSSR count). The molecule has 0 spiro atoms. The van der Waals surface area contributed by atoms with Gasteiger partial charge in [0, 0.05) is 19.8 Å². The van der Waals surface area contributed by atoms with Crippen molar-refractivity contribution in [3.05, 3.63) is 18.2 Å². The maximum Gasteiger partial charge on any atom is 0.246 e. The third-order valence-corrected chi connectivity index (χ3v) is 8.62. The Morgan fingerprint density at radius 3 is 2.21 bits per heavy atom. The molecule has 0 atom stereocenters. The minimum absolute atomic E-state index is 0.0592. The number of ether oxygens (including phenoxy) is 1. The number of nitrogens with zero attached hydrogens (tertiary/aromatic N) is 1. The lowest BCUT2D eigenvalue weighted by Crippen LogP contribution is -2.51. The number of sulfonamides is 1. The second-order valence-electron chi connectivity index (χ2n) is 9.03. The van der Waals surface area contributed by atoms with Crippen LogP contribution in [0.25, 0.3) is 0 Å². The Bertz CT molecular complexity index is 843. The third kappa shape index (κ3) is 3.32. The predicted molar refractivity (Wildman–Crippen MR) is 108 cm³/mol. The normalized spacial score (nSPS) is 31.2. The fourth-order valence-corrected chi connectivity index (χ4v) is 6.96. The SMILES string of the molecule is CCOc1ccc(NC(=O)C23CC4CC(CC(C4)C2)C3)cc1S(=O)(=O)N(C)C. The summed E-state index contributed by atoms with van der Waals surface area (Å²) in [4.78, 5) is 13.4. The van der Waals surface area contributed by atoms with Gasteiger partial charge < -0.3 is 10.1 Å². The van der Waals surface area contributed by atoms with Gasteiger partial charge in [-0.15, -0.1) is 0 Å². The zero-order chi connectivity index (χ0) is 20.1. The number of rotatable bonds is 6. The van der Waals surface area contributed by atoms with E-state index in [-0.39, 0.29) is 16.2 Å². The largest absolute Gasteiger partial charge is 0.492 e. The van der Waals surface area contributed by atoms with Crippen LogP contribution < -0.4 is 10.1 Å². The molecule has 1 aromatic rings. The molecule has 28 heavy (non-hydrogen) atoms. The van der Waals surface area contributed by atoms with Crippen molar-refractivity contribution in [2.75, 3.05) is 26.0 Å². The van der Waals surface area contributed by atoms with Crippen LogP contribution in [0.5, 0.6) is 5.75 Å². The number of carbonyl (C=O) groups excluding carboxylic acids is 1. The fraction of sp³-hybridized carbons (Fsp3) is 0.667. The van der Waals surface area contributed by atoms with Crippen molar-refractivity contribution in [1.29, 1.82) is 0 Å². The van der Waals surface area contributed by atoms with Gasteiger partial charge in [-0.3, -0.25) is 4.79 Å². The van der Waals surface area contributed by atoms with E-state index in [1.807, 2.05) is 6.92 Å². The zero-order valence-electron chi connectivity index (χ0n) is 16.9. The lowest BCUT2D eigenvalue weighted by molar-refractivity contribution is -0.140. The molecule has 1 amide bonds. The van der Waals surface area contributed by atoms with Gasteiger partial charge in [0.15, 0.2) is 0 Å². The van der Waals surface area contributed by atoms with Crippen molar-refractivity contribution in [3.63, 3.8) is 0 Å². The Morgan fingerprint density at radius 1 is 1.14 bits per heavy atom. The average Bonchev–Trinajstić information content (AvgIpc) is 2.61. The molecule has 7 heteroatoms. The molecule has 0 radical (unpaired) electrons. The van der Waals surface area contributed by atoms with E-state index in [4.69, 9.17) is 4.74 Å². The van der Waals surface area contributed by atoms with Gasteiger partial charge in [0.05, 0.1) is 12.0 Å². The van der Waals surface area contributed by atoms with Gasteiger partial charge >= 0.3 is 0 Å². The average molecular weight is 407 g/mol. The molecule has 1 aromatic carbocycles. The standard InChI is InChI=1S/C21H30N2O4S/c1-4-27-18-6-5-17(10-19(18)28(25,26)23(2)3)22-20(24)21-11-14-7-15(12-21)9-16(8-14)13-21/h5-6,10,14-16H,4,7-9,11-13H2,1-3H3,(H,22,24). The number of hydrogen-bond donors (Lipinski definition) is 1. The van der Waals surface area contributed by atoms with Gasteiger partial charge in [-0.1, -0.05) is 0 Å². The Hall–Kier alpha value is -1.60. The van der Waals surface area contributed by atoms with E-state index in [2.05, 4.69) is 5.32 Å². The van der Waals surface area contributed by atoms with Gasteiger partial charge in [-0.2, -0.15) is 0 Å². The first-order valence-corrected chi connectivity index (χ1v) is 11.7. The highest BCUT2D eigenvalue weighted by Gasteiger charge is 2.54. The summed E-state index contributed by atoms with van der Waals surface area (Å²) in [6.45, 7) is 2.18. The lowest BCUT2D eigenvalue weighted by atomic mass is 9.49. The summed E-state index contributed by atoms with van der Waals surface area (Å²) in [5, 5.41) is 3.04. The molecule has 0 heterocycles. The maximum atomic E-state index is 13.3. The van der Waals surface area contributed by atoms with E-state index >= 15 is 0 Å². The zero-order valence-corrected chi connectivity index (χ0v) is 17.7. The first kappa shape index (κ1) is 19.7. The summed E-state index contributed by atoms with van der Waals surface area (Å²) < 4.78 is 32.1. The predicted octanol–water partition coefficient (Wildman–Crippen LogP) is 3.49. The molecule has 0 aromatic heterocycles. The van der Waals surface area contributed by atoms with Crippen molar-refractivity contribution in [1.82, 2.24) is 4.31 Å². The number of anilines is 1. The Balaban J connectivity index is 1.61. The molecule has 4 saturated carbocycles. The topological polar surface area (TPSA) is 75.7 Å². The summed E-state index contributed by atoms with van der Waals surface area (Å²) in [5.41, 5.74) is 0.248. The summed E-state index contributed by atoms with van der Waals surface area (Å²) in [7, 11) is -0.692. The highest BCUT2D eigenvalue weighted by Crippen LogP contribution is 2.60. The van der Waals surface area contributed by atoms with Crippen molar-refractivity contribution in [2.24, 2.45) is 23.2 Å². The Labute approximate surface area is 167 Å². The summed E-state index contributed by atoms with van der Waals surface area (Å²) in [6, 6.07) is 4.89. The molecule has 4 aliphatic rings. The van der Waals surface area contributed by atoms with Crippen LogP contribution in [-0.4, -0.2) is 39.3 Å². The molecule has 0 aliphatic heterocycles. The van der Waals surface area contributed by atoms with Crippen LogP contribution in [0.2, 0.25) is 0 Å². The minimum atomic E-state index is -3.68. The first-order valence-electron chi connectivity index (χ1n) is 10.2. The molecule has 6 nitrogen and oxygen atoms in total. The Kier molecular flexibility index (Phi) is 4.94. The van der Waals surface area contributed by atoms with Crippen LogP contribution in [0.3, 0.4) is 0 Å². The number of amides is 1. The second kappa shape index (κ2) is 7.02. The molecule has 0 saturated heterocycles. The number of hydrogen-bond acceptors (Lipinski definition) is 4. The molecule has 4 bridgehead atoms. The van der Waals surface area contributed by atoms with Crippen LogP contribution in [0.15, 0.2) is 23.1 Å². The molecule has 154 valence electrons. The number of carbonyl (C=O) groups is 1. The maximum absolute atomic E-state index is 13.3. The second-order valence-corrected chi connectivity index (χ2v) is 11.2. The van der Waals surface area contributed by atoms with Crippen LogP contribution >= 0.6 is 0 Å². The van der Waals surface area contributed by atoms with Gasteiger partial charge in [0.1, 0.15) is 10.6 Å². The highest BCUT2D eigenvalue weighted by molar-refractivity contribution is 7.89. The van der Waals surface area contributed by atoms with E-state index in [1.54, 1.807) is 12.1 Å². The van der Waals surface area contributed by atoms with Crippen molar-refractivity contribution >= 4 is 21.6 Å². The van der Waals surface area contributed by atoms with Crippen LogP contribution in [0, 0.1) is 23.2 Å². The van der Waals surface area contributed by atoms with Crippen LogP contribution in [0.1, 0.15) is 45.4 Å². The summed E-state index contributed by atoms with van der Waals surface area (Å²) in [6.07, 6.45) is 6.77. The quantitative estimate of drug-likeness (QED) is 0.785. The molecular formula is C21H30N2O4S. The van der Waals surface area contributed by atoms with Crippen LogP contribution in [0.4, 0.5) is 5.69 Å². The molecule has 1 N–H and O–H groups in total. The first-order chi connectivity index (χ1) is 13.2. The molecule has 4 aliphatic carbocycles. The lowest BCUT2D eigenvalue weighted by Gasteiger charge is -2.55. The highest BCUT2D eigenvalue weighted by atomic mass is 32.2. The monoisotopic (exact) mass is 406 g/mol.